The van der Waals surface area contributed by atoms with Crippen LogP contribution in [0.15, 0.2) is 36.4 Å². The molecule has 1 N–H and O–H groups in total. The first-order valence-corrected chi connectivity index (χ1v) is 9.04. The third kappa shape index (κ3) is 4.38. The average molecular weight is 328 g/mol. The van der Waals surface area contributed by atoms with Crippen molar-refractivity contribution in [2.24, 2.45) is 0 Å². The highest BCUT2D eigenvalue weighted by atomic mass is 16.5. The van der Waals surface area contributed by atoms with Gasteiger partial charge in [-0.05, 0) is 24.8 Å². The van der Waals surface area contributed by atoms with Crippen LogP contribution in [0, 0.1) is 0 Å². The van der Waals surface area contributed by atoms with E-state index in [0.29, 0.717) is 13.2 Å². The summed E-state index contributed by atoms with van der Waals surface area (Å²) in [5, 5.41) is 3.13. The highest BCUT2D eigenvalue weighted by Crippen LogP contribution is 2.39. The van der Waals surface area contributed by atoms with Crippen LogP contribution in [-0.4, -0.2) is 42.8 Å². The lowest BCUT2D eigenvalue weighted by molar-refractivity contribution is -0.0246. The van der Waals surface area contributed by atoms with E-state index in [0.717, 1.165) is 24.8 Å². The van der Waals surface area contributed by atoms with Gasteiger partial charge in [-0.3, -0.25) is 0 Å². The third-order valence-corrected chi connectivity index (χ3v) is 5.14. The van der Waals surface area contributed by atoms with Crippen molar-refractivity contribution in [3.05, 3.63) is 42.0 Å². The number of hydrogen-bond acceptors (Lipinski definition) is 2. The van der Waals surface area contributed by atoms with Crippen molar-refractivity contribution in [2.75, 3.05) is 20.2 Å². The molecule has 1 unspecified atom stereocenters. The summed E-state index contributed by atoms with van der Waals surface area (Å²) >= 11 is 0. The molecule has 24 heavy (non-hydrogen) atoms. The normalized spacial score (nSPS) is 22.8. The van der Waals surface area contributed by atoms with Gasteiger partial charge in [0.2, 0.25) is 0 Å². The Bertz CT molecular complexity index is 564. The van der Waals surface area contributed by atoms with Crippen molar-refractivity contribution >= 4 is 12.1 Å². The molecule has 1 aromatic carbocycles. The number of urea groups is 1. The van der Waals surface area contributed by atoms with E-state index < -0.39 is 0 Å². The fourth-order valence-corrected chi connectivity index (χ4v) is 3.76. The van der Waals surface area contributed by atoms with E-state index in [4.69, 9.17) is 4.74 Å². The molecule has 1 aromatic rings. The van der Waals surface area contributed by atoms with E-state index in [9.17, 15) is 4.79 Å². The summed E-state index contributed by atoms with van der Waals surface area (Å²) in [6.45, 7) is 1.25. The summed E-state index contributed by atoms with van der Waals surface area (Å²) in [4.78, 5) is 14.1. The van der Waals surface area contributed by atoms with E-state index in [1.165, 1.54) is 19.3 Å². The van der Waals surface area contributed by atoms with Crippen LogP contribution in [-0.2, 0) is 4.74 Å². The first-order chi connectivity index (χ1) is 11.7. The van der Waals surface area contributed by atoms with Crippen LogP contribution in [0.3, 0.4) is 0 Å². The fraction of sp³-hybridized carbons (Fsp3) is 0.550. The van der Waals surface area contributed by atoms with Gasteiger partial charge in [0.25, 0.3) is 0 Å². The molecule has 130 valence electrons. The second kappa shape index (κ2) is 7.84. The molecule has 0 bridgehead atoms. The van der Waals surface area contributed by atoms with Crippen LogP contribution in [0.2, 0.25) is 0 Å². The lowest BCUT2D eigenvalue weighted by Crippen LogP contribution is -2.44. The molecule has 0 radical (unpaired) electrons. The summed E-state index contributed by atoms with van der Waals surface area (Å²) in [5.74, 6) is 0. The van der Waals surface area contributed by atoms with Crippen LogP contribution in [0.1, 0.15) is 44.1 Å². The molecule has 0 aromatic heterocycles. The third-order valence-electron chi connectivity index (χ3n) is 5.14. The molecule has 1 heterocycles. The number of hydrogen-bond donors (Lipinski definition) is 1. The summed E-state index contributed by atoms with van der Waals surface area (Å²) < 4.78 is 6.07. The highest BCUT2D eigenvalue weighted by Gasteiger charge is 2.41. The lowest BCUT2D eigenvalue weighted by atomic mass is 9.82. The number of nitrogens with zero attached hydrogens (tertiary/aromatic N) is 1. The van der Waals surface area contributed by atoms with E-state index >= 15 is 0 Å². The summed E-state index contributed by atoms with van der Waals surface area (Å²) in [7, 11) is 1.83. The number of benzene rings is 1. The minimum atomic E-state index is -0.0193. The summed E-state index contributed by atoms with van der Waals surface area (Å²) in [5.41, 5.74) is 1.19. The number of likely N-dealkylation sites (N-methyl/N-ethyl adjacent to an activating group) is 1. The maximum atomic E-state index is 12.3. The van der Waals surface area contributed by atoms with Crippen LogP contribution >= 0.6 is 0 Å². The Morgan fingerprint density at radius 3 is 2.79 bits per heavy atom. The molecule has 1 saturated carbocycles. The molecule has 1 aliphatic carbocycles. The Kier molecular flexibility index (Phi) is 5.56. The number of nitrogens with one attached hydrogen (secondary N) is 1. The fourth-order valence-electron chi connectivity index (χ4n) is 3.76. The maximum Gasteiger partial charge on any atom is 0.317 e. The van der Waals surface area contributed by atoms with E-state index in [1.807, 2.05) is 37.4 Å². The van der Waals surface area contributed by atoms with Gasteiger partial charge >= 0.3 is 6.03 Å². The topological polar surface area (TPSA) is 41.6 Å². The van der Waals surface area contributed by atoms with Gasteiger partial charge < -0.3 is 15.0 Å². The molecule has 4 heteroatoms. The van der Waals surface area contributed by atoms with Gasteiger partial charge in [-0.1, -0.05) is 61.7 Å². The second-order valence-electron chi connectivity index (χ2n) is 7.10. The summed E-state index contributed by atoms with van der Waals surface area (Å²) in [6.07, 6.45) is 11.1. The molecule has 1 atom stereocenters. The van der Waals surface area contributed by atoms with Crippen molar-refractivity contribution in [1.29, 1.82) is 0 Å². The zero-order chi connectivity index (χ0) is 16.8. The minimum absolute atomic E-state index is 0.0193. The number of rotatable bonds is 4. The maximum absolute atomic E-state index is 12.3. The van der Waals surface area contributed by atoms with Gasteiger partial charge in [-0.15, -0.1) is 0 Å². The molecule has 3 rings (SSSR count). The smallest absolute Gasteiger partial charge is 0.317 e. The van der Waals surface area contributed by atoms with Gasteiger partial charge in [-0.2, -0.15) is 0 Å². The van der Waals surface area contributed by atoms with E-state index in [-0.39, 0.29) is 17.7 Å². The molecule has 2 aliphatic rings. The predicted octanol–water partition coefficient (Wildman–Crippen LogP) is 3.83. The van der Waals surface area contributed by atoms with Gasteiger partial charge in [0.15, 0.2) is 0 Å². The zero-order valence-corrected chi connectivity index (χ0v) is 14.5. The van der Waals surface area contributed by atoms with Crippen LogP contribution in [0.5, 0.6) is 0 Å². The molecular formula is C20H28N2O2. The Morgan fingerprint density at radius 2 is 2.04 bits per heavy atom. The Labute approximate surface area is 144 Å². The van der Waals surface area contributed by atoms with Gasteiger partial charge in [0, 0.05) is 13.6 Å². The Morgan fingerprint density at radius 1 is 1.29 bits per heavy atom. The van der Waals surface area contributed by atoms with Gasteiger partial charge in [0.05, 0.1) is 18.2 Å². The van der Waals surface area contributed by atoms with Crippen LogP contribution in [0.25, 0.3) is 6.08 Å². The predicted molar refractivity (Wildman–Crippen MR) is 96.8 cm³/mol. The van der Waals surface area contributed by atoms with Crippen molar-refractivity contribution in [1.82, 2.24) is 10.2 Å². The quantitative estimate of drug-likeness (QED) is 0.912. The van der Waals surface area contributed by atoms with Crippen molar-refractivity contribution < 1.29 is 9.53 Å². The van der Waals surface area contributed by atoms with Crippen molar-refractivity contribution in [3.63, 3.8) is 0 Å². The minimum Gasteiger partial charge on any atom is -0.373 e. The van der Waals surface area contributed by atoms with Gasteiger partial charge in [0.1, 0.15) is 0 Å². The molecule has 1 spiro atoms. The Balaban J connectivity index is 1.44. The van der Waals surface area contributed by atoms with Gasteiger partial charge in [-0.25, -0.2) is 4.79 Å². The molecule has 1 aliphatic heterocycles. The SMILES string of the molecule is CN(C/C=C/c1ccccc1)C(=O)NC1COC2(CCCCC2)C1. The lowest BCUT2D eigenvalue weighted by Gasteiger charge is -2.32. The number of amides is 2. The largest absolute Gasteiger partial charge is 0.373 e. The van der Waals surface area contributed by atoms with E-state index in [1.54, 1.807) is 4.90 Å². The standard InChI is InChI=1S/C20H28N2O2/c1-22(14-8-11-17-9-4-2-5-10-17)19(23)21-18-15-20(24-16-18)12-6-3-7-13-20/h2,4-5,8-11,18H,3,6-7,12-16H2,1H3,(H,21,23)/b11-8+. The van der Waals surface area contributed by atoms with E-state index in [2.05, 4.69) is 17.4 Å². The first-order valence-electron chi connectivity index (χ1n) is 9.04. The number of carbonyl (C=O) groups excluding carboxylic acids is 1. The Hall–Kier alpha value is -1.81. The molecule has 2 amide bonds. The first kappa shape index (κ1) is 17.0. The highest BCUT2D eigenvalue weighted by molar-refractivity contribution is 5.74. The monoisotopic (exact) mass is 328 g/mol. The van der Waals surface area contributed by atoms with Crippen LogP contribution in [0.4, 0.5) is 4.79 Å². The number of ether oxygens (including phenoxy) is 1. The average Bonchev–Trinajstić information content (AvgIpc) is 2.98. The zero-order valence-electron chi connectivity index (χ0n) is 14.5. The van der Waals surface area contributed by atoms with Crippen LogP contribution < -0.4 is 5.32 Å². The molecule has 4 nitrogen and oxygen atoms in total. The summed E-state index contributed by atoms with van der Waals surface area (Å²) in [6, 6.07) is 10.3. The molecule has 1 saturated heterocycles. The molecule has 2 fully saturated rings. The second-order valence-corrected chi connectivity index (χ2v) is 7.10. The van der Waals surface area contributed by atoms with Crippen molar-refractivity contribution in [2.45, 2.75) is 50.2 Å². The van der Waals surface area contributed by atoms with Crippen molar-refractivity contribution in [3.8, 4) is 0 Å². The number of carbonyl (C=O) groups is 1. The molecular weight excluding hydrogens is 300 g/mol.